The number of carbonyl (C=O) groups is 1. The largest absolute Gasteiger partial charge is 0.490 e. The summed E-state index contributed by atoms with van der Waals surface area (Å²) in [5, 5.41) is 20.0. The van der Waals surface area contributed by atoms with Crippen molar-refractivity contribution < 1.29 is 19.4 Å². The van der Waals surface area contributed by atoms with Crippen LogP contribution in [0.2, 0.25) is 0 Å². The van der Waals surface area contributed by atoms with Crippen molar-refractivity contribution in [3.05, 3.63) is 23.8 Å². The summed E-state index contributed by atoms with van der Waals surface area (Å²) in [6.07, 6.45) is 0.265. The second-order valence-electron chi connectivity index (χ2n) is 3.92. The van der Waals surface area contributed by atoms with E-state index in [1.807, 2.05) is 13.0 Å². The summed E-state index contributed by atoms with van der Waals surface area (Å²) in [7, 11) is 0. The van der Waals surface area contributed by atoms with E-state index in [1.165, 1.54) is 0 Å². The number of rotatable bonds is 8. The molecule has 0 spiro atoms. The fourth-order valence-corrected chi connectivity index (χ4v) is 1.49. The van der Waals surface area contributed by atoms with E-state index in [0.717, 1.165) is 0 Å². The fourth-order valence-electron chi connectivity index (χ4n) is 1.49. The average molecular weight is 278 g/mol. The Bertz CT molecular complexity index is 483. The summed E-state index contributed by atoms with van der Waals surface area (Å²) < 4.78 is 10.8. The molecule has 0 aliphatic heterocycles. The average Bonchev–Trinajstić information content (AvgIpc) is 2.46. The first-order valence-electron chi connectivity index (χ1n) is 6.34. The molecule has 0 heterocycles. The molecule has 2 N–H and O–H groups in total. The first-order chi connectivity index (χ1) is 9.71. The van der Waals surface area contributed by atoms with Crippen LogP contribution in [0.3, 0.4) is 0 Å². The zero-order chi connectivity index (χ0) is 14.8. The van der Waals surface area contributed by atoms with Crippen LogP contribution in [0.15, 0.2) is 18.2 Å². The smallest absolute Gasteiger partial charge is 0.257 e. The summed E-state index contributed by atoms with van der Waals surface area (Å²) in [4.78, 5) is 11.5. The number of nitrogens with one attached hydrogen (secondary N) is 1. The molecular formula is C14H18N2O4. The Kier molecular flexibility index (Phi) is 6.93. The molecule has 6 heteroatoms. The van der Waals surface area contributed by atoms with Gasteiger partial charge in [0.2, 0.25) is 0 Å². The third-order valence-electron chi connectivity index (χ3n) is 2.41. The lowest BCUT2D eigenvalue weighted by Gasteiger charge is -2.12. The molecule has 6 nitrogen and oxygen atoms in total. The zero-order valence-electron chi connectivity index (χ0n) is 11.4. The Labute approximate surface area is 117 Å². The van der Waals surface area contributed by atoms with Crippen LogP contribution in [0.5, 0.6) is 11.5 Å². The highest BCUT2D eigenvalue weighted by atomic mass is 16.5. The number of aliphatic hydroxyl groups excluding tert-OH is 1. The van der Waals surface area contributed by atoms with E-state index in [1.54, 1.807) is 18.2 Å². The van der Waals surface area contributed by atoms with Crippen molar-refractivity contribution in [2.75, 3.05) is 19.8 Å². The summed E-state index contributed by atoms with van der Waals surface area (Å²) >= 11 is 0. The van der Waals surface area contributed by atoms with Crippen molar-refractivity contribution in [3.8, 4) is 17.6 Å². The number of carbonyl (C=O) groups excluding carboxylic acids is 1. The number of hydrogen-bond donors (Lipinski definition) is 2. The minimum atomic E-state index is -0.297. The number of ether oxygens (including phenoxy) is 2. The molecule has 0 unspecified atom stereocenters. The lowest BCUT2D eigenvalue weighted by molar-refractivity contribution is -0.123. The molecular weight excluding hydrogens is 260 g/mol. The molecule has 0 fully saturated rings. The molecule has 0 aliphatic carbocycles. The maximum absolute atomic E-state index is 11.5. The standard InChI is InChI=1S/C14H18N2O4/c1-2-19-13-8-11(9-17)4-5-12(13)20-10-14(18)16-7-3-6-15/h4-5,8,17H,2-3,7,9-10H2,1H3,(H,16,18). The highest BCUT2D eigenvalue weighted by Gasteiger charge is 2.08. The number of amides is 1. The Morgan fingerprint density at radius 2 is 2.20 bits per heavy atom. The van der Waals surface area contributed by atoms with Crippen molar-refractivity contribution >= 4 is 5.91 Å². The maximum atomic E-state index is 11.5. The van der Waals surface area contributed by atoms with E-state index in [4.69, 9.17) is 19.8 Å². The SMILES string of the molecule is CCOc1cc(CO)ccc1OCC(=O)NCCC#N. The molecule has 20 heavy (non-hydrogen) atoms. The molecule has 1 aromatic rings. The second-order valence-corrected chi connectivity index (χ2v) is 3.92. The summed E-state index contributed by atoms with van der Waals surface area (Å²) in [5.74, 6) is 0.636. The molecule has 0 bridgehead atoms. The molecule has 1 aromatic carbocycles. The first kappa shape index (κ1) is 15.8. The summed E-state index contributed by atoms with van der Waals surface area (Å²) in [5.41, 5.74) is 0.708. The van der Waals surface area contributed by atoms with Crippen LogP contribution in [-0.2, 0) is 11.4 Å². The summed E-state index contributed by atoms with van der Waals surface area (Å²) in [6, 6.07) is 6.96. The highest BCUT2D eigenvalue weighted by Crippen LogP contribution is 2.28. The van der Waals surface area contributed by atoms with Gasteiger partial charge in [0.1, 0.15) is 0 Å². The van der Waals surface area contributed by atoms with E-state index >= 15 is 0 Å². The molecule has 0 aromatic heterocycles. The van der Waals surface area contributed by atoms with Crippen LogP contribution in [0.1, 0.15) is 18.9 Å². The van der Waals surface area contributed by atoms with Crippen LogP contribution < -0.4 is 14.8 Å². The quantitative estimate of drug-likeness (QED) is 0.692. The van der Waals surface area contributed by atoms with Gasteiger partial charge in [-0.25, -0.2) is 0 Å². The van der Waals surface area contributed by atoms with Gasteiger partial charge in [0.05, 0.1) is 25.7 Å². The minimum absolute atomic E-state index is 0.0883. The van der Waals surface area contributed by atoms with Gasteiger partial charge in [-0.05, 0) is 24.6 Å². The Hall–Kier alpha value is -2.26. The van der Waals surface area contributed by atoms with Gasteiger partial charge >= 0.3 is 0 Å². The number of nitriles is 1. The predicted octanol–water partition coefficient (Wildman–Crippen LogP) is 0.986. The van der Waals surface area contributed by atoms with Crippen molar-refractivity contribution in [1.29, 1.82) is 5.26 Å². The predicted molar refractivity (Wildman–Crippen MR) is 72.3 cm³/mol. The second kappa shape index (κ2) is 8.77. The first-order valence-corrected chi connectivity index (χ1v) is 6.34. The van der Waals surface area contributed by atoms with Gasteiger partial charge in [0, 0.05) is 6.54 Å². The zero-order valence-corrected chi connectivity index (χ0v) is 11.4. The third-order valence-corrected chi connectivity index (χ3v) is 2.41. The van der Waals surface area contributed by atoms with Gasteiger partial charge < -0.3 is 19.9 Å². The van der Waals surface area contributed by atoms with Crippen LogP contribution in [0.25, 0.3) is 0 Å². The number of hydrogen-bond acceptors (Lipinski definition) is 5. The fraction of sp³-hybridized carbons (Fsp3) is 0.429. The molecule has 0 radical (unpaired) electrons. The monoisotopic (exact) mass is 278 g/mol. The maximum Gasteiger partial charge on any atom is 0.257 e. The minimum Gasteiger partial charge on any atom is -0.490 e. The molecule has 0 saturated heterocycles. The van der Waals surface area contributed by atoms with Crippen molar-refractivity contribution in [1.82, 2.24) is 5.32 Å². The Morgan fingerprint density at radius 3 is 2.85 bits per heavy atom. The number of nitrogens with zero attached hydrogens (tertiary/aromatic N) is 1. The van der Waals surface area contributed by atoms with E-state index in [9.17, 15) is 4.79 Å². The number of aliphatic hydroxyl groups is 1. The van der Waals surface area contributed by atoms with Crippen LogP contribution >= 0.6 is 0 Å². The highest BCUT2D eigenvalue weighted by molar-refractivity contribution is 5.77. The van der Waals surface area contributed by atoms with Crippen molar-refractivity contribution in [2.24, 2.45) is 0 Å². The van der Waals surface area contributed by atoms with Gasteiger partial charge in [-0.3, -0.25) is 4.79 Å². The summed E-state index contributed by atoms with van der Waals surface area (Å²) in [6.45, 7) is 2.36. The molecule has 0 atom stereocenters. The van der Waals surface area contributed by atoms with Crippen molar-refractivity contribution in [2.45, 2.75) is 20.0 Å². The van der Waals surface area contributed by atoms with Crippen LogP contribution in [0.4, 0.5) is 0 Å². The van der Waals surface area contributed by atoms with Gasteiger partial charge in [0.15, 0.2) is 18.1 Å². The van der Waals surface area contributed by atoms with Gasteiger partial charge in [-0.2, -0.15) is 5.26 Å². The van der Waals surface area contributed by atoms with Gasteiger partial charge in [-0.1, -0.05) is 6.07 Å². The van der Waals surface area contributed by atoms with E-state index in [2.05, 4.69) is 5.32 Å². The van der Waals surface area contributed by atoms with E-state index in [0.29, 0.717) is 30.2 Å². The van der Waals surface area contributed by atoms with E-state index < -0.39 is 0 Å². The van der Waals surface area contributed by atoms with Crippen LogP contribution in [-0.4, -0.2) is 30.8 Å². The lowest BCUT2D eigenvalue weighted by atomic mass is 10.2. The van der Waals surface area contributed by atoms with Crippen LogP contribution in [0, 0.1) is 11.3 Å². The Morgan fingerprint density at radius 1 is 1.40 bits per heavy atom. The molecule has 108 valence electrons. The normalized spacial score (nSPS) is 9.65. The molecule has 1 amide bonds. The lowest BCUT2D eigenvalue weighted by Crippen LogP contribution is -2.29. The van der Waals surface area contributed by atoms with E-state index in [-0.39, 0.29) is 25.5 Å². The molecule has 0 saturated carbocycles. The molecule has 0 aliphatic rings. The Balaban J connectivity index is 2.58. The topological polar surface area (TPSA) is 91.6 Å². The number of benzene rings is 1. The van der Waals surface area contributed by atoms with Gasteiger partial charge in [-0.15, -0.1) is 0 Å². The molecule has 1 rings (SSSR count). The van der Waals surface area contributed by atoms with Gasteiger partial charge in [0.25, 0.3) is 5.91 Å². The third kappa shape index (κ3) is 5.16. The van der Waals surface area contributed by atoms with Crippen molar-refractivity contribution in [3.63, 3.8) is 0 Å².